The molecule has 1 atom stereocenters. The molecular weight excluding hydrogens is 350 g/mol. The summed E-state index contributed by atoms with van der Waals surface area (Å²) in [7, 11) is -3.66. The average molecular weight is 368 g/mol. The summed E-state index contributed by atoms with van der Waals surface area (Å²) in [5, 5.41) is 3.36. The molecule has 1 aromatic carbocycles. The third kappa shape index (κ3) is 5.02. The number of aromatic nitrogens is 1. The molecule has 0 saturated heterocycles. The predicted octanol–water partition coefficient (Wildman–Crippen LogP) is 2.28. The predicted molar refractivity (Wildman–Crippen MR) is 92.1 cm³/mol. The second-order valence-corrected chi connectivity index (χ2v) is 7.32. The van der Waals surface area contributed by atoms with Gasteiger partial charge in [-0.3, -0.25) is 9.78 Å². The van der Waals surface area contributed by atoms with Crippen molar-refractivity contribution in [2.75, 3.05) is 6.54 Å². The molecule has 24 heavy (non-hydrogen) atoms. The maximum Gasteiger partial charge on any atom is 0.242 e. The number of pyridine rings is 1. The van der Waals surface area contributed by atoms with Crippen LogP contribution in [0.15, 0.2) is 53.7 Å². The summed E-state index contributed by atoms with van der Waals surface area (Å²) in [5.41, 5.74) is 0.809. The van der Waals surface area contributed by atoms with Crippen molar-refractivity contribution in [3.63, 3.8) is 0 Å². The molecule has 0 spiro atoms. The Morgan fingerprint density at radius 3 is 2.67 bits per heavy atom. The van der Waals surface area contributed by atoms with Crippen molar-refractivity contribution in [2.24, 2.45) is 0 Å². The summed E-state index contributed by atoms with van der Waals surface area (Å²) in [6.07, 6.45) is 2.76. The van der Waals surface area contributed by atoms with Gasteiger partial charge in [-0.15, -0.1) is 0 Å². The summed E-state index contributed by atoms with van der Waals surface area (Å²) in [6.45, 7) is 1.82. The first-order valence-electron chi connectivity index (χ1n) is 7.33. The lowest BCUT2D eigenvalue weighted by molar-refractivity contribution is -0.121. The van der Waals surface area contributed by atoms with Crippen LogP contribution in [-0.2, 0) is 14.8 Å². The van der Waals surface area contributed by atoms with Gasteiger partial charge in [0.15, 0.2) is 0 Å². The van der Waals surface area contributed by atoms with Crippen LogP contribution in [0.25, 0.3) is 0 Å². The highest BCUT2D eigenvalue weighted by atomic mass is 35.5. The fourth-order valence-corrected chi connectivity index (χ4v) is 3.40. The van der Waals surface area contributed by atoms with E-state index in [1.165, 1.54) is 24.5 Å². The number of sulfonamides is 1. The standard InChI is InChI=1S/C16H18ClN3O3S/c1-12(14-6-2-3-7-15(14)17)20-16(21)8-10-19-24(22,23)13-5-4-9-18-11-13/h2-7,9,11-12,19H,8,10H2,1H3,(H,20,21). The molecule has 1 amide bonds. The van der Waals surface area contributed by atoms with Gasteiger partial charge in [-0.1, -0.05) is 29.8 Å². The Bertz CT molecular complexity index is 797. The highest BCUT2D eigenvalue weighted by Crippen LogP contribution is 2.22. The molecular formula is C16H18ClN3O3S. The van der Waals surface area contributed by atoms with Crippen LogP contribution < -0.4 is 10.0 Å². The van der Waals surface area contributed by atoms with Gasteiger partial charge in [0.25, 0.3) is 0 Å². The molecule has 1 heterocycles. The maximum atomic E-state index is 12.0. The number of carbonyl (C=O) groups is 1. The van der Waals surface area contributed by atoms with E-state index in [4.69, 9.17) is 11.6 Å². The van der Waals surface area contributed by atoms with Crippen molar-refractivity contribution >= 4 is 27.5 Å². The van der Waals surface area contributed by atoms with E-state index in [1.807, 2.05) is 25.1 Å². The lowest BCUT2D eigenvalue weighted by Gasteiger charge is -2.15. The van der Waals surface area contributed by atoms with Crippen molar-refractivity contribution in [1.82, 2.24) is 15.0 Å². The summed E-state index contributed by atoms with van der Waals surface area (Å²) in [4.78, 5) is 15.8. The highest BCUT2D eigenvalue weighted by molar-refractivity contribution is 7.89. The molecule has 2 N–H and O–H groups in total. The van der Waals surface area contributed by atoms with Crippen LogP contribution in [0.5, 0.6) is 0 Å². The summed E-state index contributed by atoms with van der Waals surface area (Å²) in [6, 6.07) is 9.95. The Balaban J connectivity index is 1.85. The second-order valence-electron chi connectivity index (χ2n) is 5.15. The minimum atomic E-state index is -3.66. The number of carbonyl (C=O) groups excluding carboxylic acids is 1. The number of amides is 1. The van der Waals surface area contributed by atoms with E-state index in [-0.39, 0.29) is 29.8 Å². The van der Waals surface area contributed by atoms with Gasteiger partial charge in [-0.05, 0) is 30.7 Å². The Kier molecular flexibility index (Phi) is 6.30. The molecule has 0 aliphatic heterocycles. The zero-order valence-electron chi connectivity index (χ0n) is 13.1. The van der Waals surface area contributed by atoms with Crippen molar-refractivity contribution in [2.45, 2.75) is 24.3 Å². The van der Waals surface area contributed by atoms with Crippen LogP contribution in [0, 0.1) is 0 Å². The third-order valence-electron chi connectivity index (χ3n) is 3.34. The summed E-state index contributed by atoms with van der Waals surface area (Å²) < 4.78 is 26.4. The van der Waals surface area contributed by atoms with E-state index in [0.717, 1.165) is 5.56 Å². The normalized spacial score (nSPS) is 12.6. The summed E-state index contributed by atoms with van der Waals surface area (Å²) in [5.74, 6) is -0.267. The van der Waals surface area contributed by atoms with Gasteiger partial charge in [-0.25, -0.2) is 13.1 Å². The van der Waals surface area contributed by atoms with E-state index >= 15 is 0 Å². The lowest BCUT2D eigenvalue weighted by atomic mass is 10.1. The first-order chi connectivity index (χ1) is 11.4. The number of hydrogen-bond donors (Lipinski definition) is 2. The van der Waals surface area contributed by atoms with Gasteiger partial charge in [0.2, 0.25) is 15.9 Å². The Hall–Kier alpha value is -1.96. The van der Waals surface area contributed by atoms with Gasteiger partial charge in [0.05, 0.1) is 6.04 Å². The zero-order chi connectivity index (χ0) is 17.6. The molecule has 2 aromatic rings. The SMILES string of the molecule is CC(NC(=O)CCNS(=O)(=O)c1cccnc1)c1ccccc1Cl. The minimum Gasteiger partial charge on any atom is -0.349 e. The molecule has 0 radical (unpaired) electrons. The van der Waals surface area contributed by atoms with Crippen molar-refractivity contribution in [3.05, 3.63) is 59.4 Å². The number of nitrogens with zero attached hydrogens (tertiary/aromatic N) is 1. The molecule has 1 unspecified atom stereocenters. The van der Waals surface area contributed by atoms with Crippen molar-refractivity contribution in [3.8, 4) is 0 Å². The molecule has 2 rings (SSSR count). The number of rotatable bonds is 7. The molecule has 128 valence electrons. The first-order valence-corrected chi connectivity index (χ1v) is 9.20. The molecule has 0 fully saturated rings. The maximum absolute atomic E-state index is 12.0. The molecule has 1 aromatic heterocycles. The van der Waals surface area contributed by atoms with Gasteiger partial charge >= 0.3 is 0 Å². The Labute approximate surface area is 146 Å². The number of halogens is 1. The average Bonchev–Trinajstić information content (AvgIpc) is 2.55. The lowest BCUT2D eigenvalue weighted by Crippen LogP contribution is -2.32. The Morgan fingerprint density at radius 2 is 2.00 bits per heavy atom. The fraction of sp³-hybridized carbons (Fsp3) is 0.250. The van der Waals surface area contributed by atoms with Crippen LogP contribution in [-0.4, -0.2) is 25.9 Å². The van der Waals surface area contributed by atoms with Crippen LogP contribution in [0.1, 0.15) is 24.9 Å². The number of hydrogen-bond acceptors (Lipinski definition) is 4. The molecule has 0 aliphatic rings. The van der Waals surface area contributed by atoms with Crippen molar-refractivity contribution < 1.29 is 13.2 Å². The highest BCUT2D eigenvalue weighted by Gasteiger charge is 2.15. The molecule has 0 aliphatic carbocycles. The summed E-state index contributed by atoms with van der Waals surface area (Å²) >= 11 is 6.09. The van der Waals surface area contributed by atoms with E-state index in [2.05, 4.69) is 15.0 Å². The molecule has 8 heteroatoms. The minimum absolute atomic E-state index is 0.00168. The largest absolute Gasteiger partial charge is 0.349 e. The van der Waals surface area contributed by atoms with E-state index < -0.39 is 10.0 Å². The fourth-order valence-electron chi connectivity index (χ4n) is 2.11. The second kappa shape index (κ2) is 8.23. The van der Waals surface area contributed by atoms with Crippen LogP contribution >= 0.6 is 11.6 Å². The number of benzene rings is 1. The number of nitrogens with one attached hydrogen (secondary N) is 2. The van der Waals surface area contributed by atoms with Crippen molar-refractivity contribution in [1.29, 1.82) is 0 Å². The molecule has 6 nitrogen and oxygen atoms in total. The smallest absolute Gasteiger partial charge is 0.242 e. The van der Waals surface area contributed by atoms with Gasteiger partial charge in [0, 0.05) is 30.4 Å². The van der Waals surface area contributed by atoms with Crippen LogP contribution in [0.4, 0.5) is 0 Å². The quantitative estimate of drug-likeness (QED) is 0.785. The van der Waals surface area contributed by atoms with Crippen LogP contribution in [0.3, 0.4) is 0 Å². The topological polar surface area (TPSA) is 88.2 Å². The third-order valence-corrected chi connectivity index (χ3v) is 5.13. The first kappa shape index (κ1) is 18.4. The zero-order valence-corrected chi connectivity index (χ0v) is 14.6. The van der Waals surface area contributed by atoms with Gasteiger partial charge < -0.3 is 5.32 Å². The Morgan fingerprint density at radius 1 is 1.25 bits per heavy atom. The van der Waals surface area contributed by atoms with Gasteiger partial charge in [0.1, 0.15) is 4.90 Å². The molecule has 0 saturated carbocycles. The molecule has 0 bridgehead atoms. The van der Waals surface area contributed by atoms with Crippen LogP contribution in [0.2, 0.25) is 5.02 Å². The van der Waals surface area contributed by atoms with E-state index in [1.54, 1.807) is 6.07 Å². The van der Waals surface area contributed by atoms with E-state index in [9.17, 15) is 13.2 Å². The monoisotopic (exact) mass is 367 g/mol. The van der Waals surface area contributed by atoms with E-state index in [0.29, 0.717) is 5.02 Å². The van der Waals surface area contributed by atoms with Gasteiger partial charge in [-0.2, -0.15) is 0 Å².